The molecule has 1 aromatic rings. The molecule has 1 aromatic carbocycles. The van der Waals surface area contributed by atoms with E-state index in [1.807, 2.05) is 6.07 Å². The Bertz CT molecular complexity index is 919. The third-order valence-corrected chi connectivity index (χ3v) is 5.81. The lowest BCUT2D eigenvalue weighted by molar-refractivity contribution is -0.175. The summed E-state index contributed by atoms with van der Waals surface area (Å²) in [4.78, 5) is 40.7. The van der Waals surface area contributed by atoms with Gasteiger partial charge in [0.15, 0.2) is 6.10 Å². The summed E-state index contributed by atoms with van der Waals surface area (Å²) in [6.45, 7) is 10.4. The lowest BCUT2D eigenvalue weighted by Gasteiger charge is -2.38. The van der Waals surface area contributed by atoms with Gasteiger partial charge in [-0.25, -0.2) is 4.79 Å². The Morgan fingerprint density at radius 3 is 1.95 bits per heavy atom. The van der Waals surface area contributed by atoms with Gasteiger partial charge in [-0.05, 0) is 47.1 Å². The minimum atomic E-state index is -1.84. The van der Waals surface area contributed by atoms with E-state index in [2.05, 4.69) is 0 Å². The second kappa shape index (κ2) is 13.4. The van der Waals surface area contributed by atoms with Crippen molar-refractivity contribution in [3.05, 3.63) is 35.9 Å². The number of benzene rings is 1. The second-order valence-corrected chi connectivity index (χ2v) is 11.4. The Balaban J connectivity index is 2.09. The van der Waals surface area contributed by atoms with E-state index in [4.69, 9.17) is 14.2 Å². The van der Waals surface area contributed by atoms with Gasteiger partial charge in [0.1, 0.15) is 30.5 Å². The quantitative estimate of drug-likeness (QED) is 0.396. The summed E-state index contributed by atoms with van der Waals surface area (Å²) in [5, 5.41) is 31.9. The molecule has 3 N–H and O–H groups in total. The number of rotatable bonds is 9. The zero-order chi connectivity index (χ0) is 28.7. The molecule has 1 saturated heterocycles. The second-order valence-electron chi connectivity index (χ2n) is 11.4. The van der Waals surface area contributed by atoms with E-state index in [1.165, 1.54) is 9.80 Å². The maximum Gasteiger partial charge on any atom is 0.410 e. The van der Waals surface area contributed by atoms with Gasteiger partial charge in [-0.3, -0.25) is 9.59 Å². The molecule has 11 nitrogen and oxygen atoms in total. The highest BCUT2D eigenvalue weighted by Gasteiger charge is 2.40. The first-order chi connectivity index (χ1) is 17.6. The first kappa shape index (κ1) is 31.5. The highest BCUT2D eigenvalue weighted by Crippen LogP contribution is 2.19. The summed E-state index contributed by atoms with van der Waals surface area (Å²) in [6, 6.07) is 8.98. The van der Waals surface area contributed by atoms with Crippen molar-refractivity contribution in [2.75, 3.05) is 32.8 Å². The molecule has 0 radical (unpaired) electrons. The molecule has 1 aliphatic heterocycles. The standard InChI is InChI=1S/C27H42N2O9/c1-26(2,3)24(34)37-17-19(30)20(31)21(32)22(36-16-18-10-8-7-9-11-18)23(33)28-12-14-29(15-13-28)25(35)38-27(4,5)6/h7-11,19-22,30-32H,12-17H2,1-6H3/t19?,20-,21+,22-/m1/s1. The highest BCUT2D eigenvalue weighted by molar-refractivity contribution is 5.82. The number of nitrogens with zero attached hydrogens (tertiary/aromatic N) is 2. The van der Waals surface area contributed by atoms with E-state index in [9.17, 15) is 29.7 Å². The number of piperazine rings is 1. The van der Waals surface area contributed by atoms with Gasteiger partial charge in [-0.2, -0.15) is 0 Å². The van der Waals surface area contributed by atoms with Crippen molar-refractivity contribution in [2.45, 2.75) is 78.2 Å². The average Bonchev–Trinajstić information content (AvgIpc) is 2.85. The number of aliphatic hydroxyl groups excluding tert-OH is 3. The molecule has 1 unspecified atom stereocenters. The summed E-state index contributed by atoms with van der Waals surface area (Å²) < 4.78 is 16.2. The van der Waals surface area contributed by atoms with Crippen LogP contribution in [0.4, 0.5) is 4.79 Å². The van der Waals surface area contributed by atoms with Crippen molar-refractivity contribution in [1.29, 1.82) is 0 Å². The summed E-state index contributed by atoms with van der Waals surface area (Å²) in [7, 11) is 0. The van der Waals surface area contributed by atoms with E-state index in [-0.39, 0.29) is 32.8 Å². The van der Waals surface area contributed by atoms with Crippen molar-refractivity contribution in [3.8, 4) is 0 Å². The van der Waals surface area contributed by atoms with Gasteiger partial charge >= 0.3 is 12.1 Å². The number of amides is 2. The fraction of sp³-hybridized carbons (Fsp3) is 0.667. The molecular formula is C27H42N2O9. The van der Waals surface area contributed by atoms with Crippen molar-refractivity contribution < 1.29 is 43.9 Å². The first-order valence-corrected chi connectivity index (χ1v) is 12.7. The van der Waals surface area contributed by atoms with Gasteiger partial charge < -0.3 is 39.3 Å². The average molecular weight is 539 g/mol. The minimum absolute atomic E-state index is 0.0337. The smallest absolute Gasteiger partial charge is 0.410 e. The highest BCUT2D eigenvalue weighted by atomic mass is 16.6. The Morgan fingerprint density at radius 2 is 1.42 bits per heavy atom. The van der Waals surface area contributed by atoms with Gasteiger partial charge in [-0.1, -0.05) is 30.3 Å². The van der Waals surface area contributed by atoms with Gasteiger partial charge in [0.05, 0.1) is 12.0 Å². The molecule has 2 rings (SSSR count). The van der Waals surface area contributed by atoms with E-state index in [0.717, 1.165) is 5.56 Å². The van der Waals surface area contributed by atoms with E-state index < -0.39 is 60.0 Å². The van der Waals surface area contributed by atoms with Crippen LogP contribution in [0.3, 0.4) is 0 Å². The Morgan fingerprint density at radius 1 is 0.868 bits per heavy atom. The summed E-state index contributed by atoms with van der Waals surface area (Å²) in [5.41, 5.74) is -0.730. The zero-order valence-electron chi connectivity index (χ0n) is 23.1. The molecule has 38 heavy (non-hydrogen) atoms. The van der Waals surface area contributed by atoms with E-state index >= 15 is 0 Å². The van der Waals surface area contributed by atoms with Crippen LogP contribution in [0.25, 0.3) is 0 Å². The van der Waals surface area contributed by atoms with Crippen molar-refractivity contribution >= 4 is 18.0 Å². The fourth-order valence-electron chi connectivity index (χ4n) is 3.57. The van der Waals surface area contributed by atoms with Crippen LogP contribution in [-0.4, -0.2) is 106 Å². The number of hydrogen-bond donors (Lipinski definition) is 3. The third-order valence-electron chi connectivity index (χ3n) is 5.81. The molecule has 0 spiro atoms. The Labute approximate surface area is 224 Å². The molecule has 0 aromatic heterocycles. The topological polar surface area (TPSA) is 146 Å². The van der Waals surface area contributed by atoms with Crippen LogP contribution in [0.2, 0.25) is 0 Å². The SMILES string of the molecule is CC(C)(C)OC(=O)N1CCN(C(=O)[C@H](OCc2ccccc2)[C@@H](O)[C@H](O)C(O)COC(=O)C(C)(C)C)CC1. The molecule has 1 fully saturated rings. The number of hydrogen-bond acceptors (Lipinski definition) is 9. The number of ether oxygens (including phenoxy) is 3. The Hall–Kier alpha value is -2.73. The maximum atomic E-state index is 13.4. The van der Waals surface area contributed by atoms with Gasteiger partial charge in [0.2, 0.25) is 0 Å². The van der Waals surface area contributed by atoms with Gasteiger partial charge in [-0.15, -0.1) is 0 Å². The van der Waals surface area contributed by atoms with Crippen LogP contribution in [0.15, 0.2) is 30.3 Å². The van der Waals surface area contributed by atoms with Gasteiger partial charge in [0.25, 0.3) is 5.91 Å². The maximum absolute atomic E-state index is 13.4. The fourth-order valence-corrected chi connectivity index (χ4v) is 3.57. The predicted molar refractivity (Wildman–Crippen MR) is 138 cm³/mol. The molecule has 11 heteroatoms. The molecule has 0 saturated carbocycles. The van der Waals surface area contributed by atoms with Crippen LogP contribution in [0.5, 0.6) is 0 Å². The van der Waals surface area contributed by atoms with Crippen LogP contribution < -0.4 is 0 Å². The zero-order valence-corrected chi connectivity index (χ0v) is 23.1. The molecule has 0 aliphatic carbocycles. The van der Waals surface area contributed by atoms with E-state index in [0.29, 0.717) is 0 Å². The first-order valence-electron chi connectivity index (χ1n) is 12.7. The summed E-state index contributed by atoms with van der Waals surface area (Å²) in [6.07, 6.45) is -7.32. The largest absolute Gasteiger partial charge is 0.462 e. The molecule has 1 aliphatic rings. The lowest BCUT2D eigenvalue weighted by Crippen LogP contribution is -2.58. The van der Waals surface area contributed by atoms with Crippen molar-refractivity contribution in [3.63, 3.8) is 0 Å². The molecule has 214 valence electrons. The molecule has 4 atom stereocenters. The number of carbonyl (C=O) groups excluding carboxylic acids is 3. The van der Waals surface area contributed by atoms with E-state index in [1.54, 1.807) is 65.8 Å². The summed E-state index contributed by atoms with van der Waals surface area (Å²) in [5.74, 6) is -1.19. The molecular weight excluding hydrogens is 496 g/mol. The normalized spacial score (nSPS) is 17.8. The monoisotopic (exact) mass is 538 g/mol. The number of carbonyl (C=O) groups is 3. The third kappa shape index (κ3) is 9.54. The predicted octanol–water partition coefficient (Wildman–Crippen LogP) is 1.32. The van der Waals surface area contributed by atoms with Crippen molar-refractivity contribution in [2.24, 2.45) is 5.41 Å². The van der Waals surface area contributed by atoms with Crippen LogP contribution in [-0.2, 0) is 30.4 Å². The lowest BCUT2D eigenvalue weighted by atomic mass is 9.97. The number of esters is 1. The van der Waals surface area contributed by atoms with Crippen LogP contribution in [0, 0.1) is 5.41 Å². The summed E-state index contributed by atoms with van der Waals surface area (Å²) >= 11 is 0. The minimum Gasteiger partial charge on any atom is -0.462 e. The number of aliphatic hydroxyl groups is 3. The van der Waals surface area contributed by atoms with Gasteiger partial charge in [0, 0.05) is 26.2 Å². The molecule has 0 bridgehead atoms. The Kier molecular flexibility index (Phi) is 11.1. The molecule has 2 amide bonds. The van der Waals surface area contributed by atoms with Crippen LogP contribution in [0.1, 0.15) is 47.1 Å². The molecule has 1 heterocycles. The van der Waals surface area contributed by atoms with Crippen LogP contribution >= 0.6 is 0 Å². The van der Waals surface area contributed by atoms with Crippen molar-refractivity contribution in [1.82, 2.24) is 9.80 Å².